The van der Waals surface area contributed by atoms with Crippen LogP contribution >= 0.6 is 0 Å². The molecule has 0 atom stereocenters. The van der Waals surface area contributed by atoms with Crippen LogP contribution in [0.1, 0.15) is 18.1 Å². The van der Waals surface area contributed by atoms with Crippen LogP contribution in [0.3, 0.4) is 0 Å². The Morgan fingerprint density at radius 1 is 0.964 bits per heavy atom. The topological polar surface area (TPSA) is 69.7 Å². The Morgan fingerprint density at radius 3 is 2.25 bits per heavy atom. The second-order valence-electron chi connectivity index (χ2n) is 5.83. The Balaban J connectivity index is 1.70. The number of rotatable bonds is 12. The summed E-state index contributed by atoms with van der Waals surface area (Å²) < 4.78 is 27.6. The minimum Gasteiger partial charge on any atom is -0.475 e. The summed E-state index contributed by atoms with van der Waals surface area (Å²) in [6.45, 7) is 2.68. The predicted molar refractivity (Wildman–Crippen MR) is 107 cm³/mol. The highest BCUT2D eigenvalue weighted by Crippen LogP contribution is 2.14. The maximum Gasteiger partial charge on any atom is 0.221 e. The van der Waals surface area contributed by atoms with Gasteiger partial charge in [-0.1, -0.05) is 24.3 Å². The zero-order valence-corrected chi connectivity index (χ0v) is 15.9. The Bertz CT molecular complexity index is 733. The third kappa shape index (κ3) is 8.75. The summed E-state index contributed by atoms with van der Waals surface area (Å²) in [5.74, 6) is 0.430. The standard InChI is InChI=1S/C21H25FN2O4/c1-17(25)24-20-7-4-18(5-8-20)2-3-19-6-9-21(23-16-19)28-15-14-27-13-12-26-11-10-22/h2-9,16H,10-15H2,1H3,(H,24,25). The lowest BCUT2D eigenvalue weighted by Gasteiger charge is -2.07. The van der Waals surface area contributed by atoms with Gasteiger partial charge in [-0.3, -0.25) is 4.79 Å². The minimum atomic E-state index is -0.481. The SMILES string of the molecule is CC(=O)Nc1ccc(C=Cc2ccc(OCCOCCOCCF)nc2)cc1. The van der Waals surface area contributed by atoms with Gasteiger partial charge in [-0.05, 0) is 29.3 Å². The molecule has 6 nitrogen and oxygen atoms in total. The van der Waals surface area contributed by atoms with Crippen molar-refractivity contribution in [1.82, 2.24) is 4.98 Å². The molecule has 0 aliphatic carbocycles. The molecule has 0 aliphatic heterocycles. The average Bonchev–Trinajstić information content (AvgIpc) is 2.70. The molecule has 0 unspecified atom stereocenters. The smallest absolute Gasteiger partial charge is 0.221 e. The molecule has 1 heterocycles. The molecule has 1 amide bonds. The second kappa shape index (κ2) is 12.6. The third-order valence-corrected chi connectivity index (χ3v) is 3.53. The van der Waals surface area contributed by atoms with Crippen LogP contribution in [0, 0.1) is 0 Å². The molecule has 0 fully saturated rings. The van der Waals surface area contributed by atoms with Crippen LogP contribution in [0.5, 0.6) is 5.88 Å². The molecular formula is C21H25FN2O4. The van der Waals surface area contributed by atoms with Gasteiger partial charge < -0.3 is 19.5 Å². The number of nitrogens with one attached hydrogen (secondary N) is 1. The van der Waals surface area contributed by atoms with Crippen LogP contribution < -0.4 is 10.1 Å². The fourth-order valence-corrected chi connectivity index (χ4v) is 2.23. The van der Waals surface area contributed by atoms with Gasteiger partial charge in [-0.2, -0.15) is 0 Å². The summed E-state index contributed by atoms with van der Waals surface area (Å²) in [6, 6.07) is 11.3. The van der Waals surface area contributed by atoms with Crippen molar-refractivity contribution in [3.8, 4) is 5.88 Å². The van der Waals surface area contributed by atoms with Crippen molar-refractivity contribution >= 4 is 23.7 Å². The lowest BCUT2D eigenvalue weighted by molar-refractivity contribution is -0.114. The molecule has 0 saturated heterocycles. The first-order valence-electron chi connectivity index (χ1n) is 9.03. The maximum atomic E-state index is 11.8. The number of anilines is 1. The van der Waals surface area contributed by atoms with Crippen molar-refractivity contribution in [2.45, 2.75) is 6.92 Å². The van der Waals surface area contributed by atoms with Crippen molar-refractivity contribution in [2.75, 3.05) is 45.0 Å². The summed E-state index contributed by atoms with van der Waals surface area (Å²) in [5, 5.41) is 2.73. The molecule has 150 valence electrons. The molecule has 1 aromatic heterocycles. The van der Waals surface area contributed by atoms with E-state index in [-0.39, 0.29) is 12.5 Å². The zero-order chi connectivity index (χ0) is 20.0. The Labute approximate surface area is 164 Å². The van der Waals surface area contributed by atoms with Crippen molar-refractivity contribution in [3.63, 3.8) is 0 Å². The number of halogens is 1. The normalized spacial score (nSPS) is 10.9. The van der Waals surface area contributed by atoms with E-state index in [1.807, 2.05) is 42.5 Å². The van der Waals surface area contributed by atoms with E-state index in [1.165, 1.54) is 6.92 Å². The highest BCUT2D eigenvalue weighted by Gasteiger charge is 1.97. The van der Waals surface area contributed by atoms with E-state index in [0.717, 1.165) is 16.8 Å². The molecule has 0 aliphatic rings. The maximum absolute atomic E-state index is 11.8. The molecular weight excluding hydrogens is 363 g/mol. The zero-order valence-electron chi connectivity index (χ0n) is 15.9. The van der Waals surface area contributed by atoms with E-state index in [2.05, 4.69) is 10.3 Å². The first-order valence-corrected chi connectivity index (χ1v) is 9.03. The third-order valence-electron chi connectivity index (χ3n) is 3.53. The number of alkyl halides is 1. The van der Waals surface area contributed by atoms with Gasteiger partial charge in [0.1, 0.15) is 13.3 Å². The molecule has 2 rings (SSSR count). The molecule has 0 saturated carbocycles. The van der Waals surface area contributed by atoms with Crippen LogP contribution in [0.4, 0.5) is 10.1 Å². The summed E-state index contributed by atoms with van der Waals surface area (Å²) in [6.07, 6.45) is 5.64. The van der Waals surface area contributed by atoms with E-state index < -0.39 is 6.67 Å². The van der Waals surface area contributed by atoms with Gasteiger partial charge in [-0.15, -0.1) is 0 Å². The Morgan fingerprint density at radius 2 is 1.61 bits per heavy atom. The molecule has 7 heteroatoms. The number of pyridine rings is 1. The first-order chi connectivity index (χ1) is 13.7. The number of nitrogens with zero attached hydrogens (tertiary/aromatic N) is 1. The number of carbonyl (C=O) groups excluding carboxylic acids is 1. The molecule has 1 N–H and O–H groups in total. The molecule has 0 spiro atoms. The fourth-order valence-electron chi connectivity index (χ4n) is 2.23. The molecule has 0 bridgehead atoms. The van der Waals surface area contributed by atoms with E-state index in [1.54, 1.807) is 12.3 Å². The lowest BCUT2D eigenvalue weighted by Crippen LogP contribution is -2.11. The Kier molecular flexibility index (Phi) is 9.68. The summed E-state index contributed by atoms with van der Waals surface area (Å²) in [7, 11) is 0. The van der Waals surface area contributed by atoms with Crippen LogP contribution in [-0.4, -0.2) is 50.6 Å². The first kappa shape index (κ1) is 21.5. The summed E-state index contributed by atoms with van der Waals surface area (Å²) in [5.41, 5.74) is 2.73. The fraction of sp³-hybridized carbons (Fsp3) is 0.333. The number of benzene rings is 1. The quantitative estimate of drug-likeness (QED) is 0.563. The summed E-state index contributed by atoms with van der Waals surface area (Å²) >= 11 is 0. The lowest BCUT2D eigenvalue weighted by atomic mass is 10.1. The molecule has 0 radical (unpaired) electrons. The molecule has 2 aromatic rings. The van der Waals surface area contributed by atoms with Gasteiger partial charge in [-0.25, -0.2) is 9.37 Å². The predicted octanol–water partition coefficient (Wildman–Crippen LogP) is 3.59. The van der Waals surface area contributed by atoms with Crippen molar-refractivity contribution < 1.29 is 23.4 Å². The highest BCUT2D eigenvalue weighted by atomic mass is 19.1. The van der Waals surface area contributed by atoms with Gasteiger partial charge in [0.15, 0.2) is 0 Å². The van der Waals surface area contributed by atoms with E-state index >= 15 is 0 Å². The monoisotopic (exact) mass is 388 g/mol. The van der Waals surface area contributed by atoms with Gasteiger partial charge in [0, 0.05) is 24.9 Å². The van der Waals surface area contributed by atoms with Crippen LogP contribution in [0.2, 0.25) is 0 Å². The molecule has 1 aromatic carbocycles. The van der Waals surface area contributed by atoms with E-state index in [4.69, 9.17) is 14.2 Å². The van der Waals surface area contributed by atoms with Crippen LogP contribution in [-0.2, 0) is 14.3 Å². The number of hydrogen-bond donors (Lipinski definition) is 1. The van der Waals surface area contributed by atoms with Gasteiger partial charge >= 0.3 is 0 Å². The minimum absolute atomic E-state index is 0.0918. The molecule has 28 heavy (non-hydrogen) atoms. The van der Waals surface area contributed by atoms with Crippen molar-refractivity contribution in [3.05, 3.63) is 53.7 Å². The van der Waals surface area contributed by atoms with Crippen molar-refractivity contribution in [2.24, 2.45) is 0 Å². The summed E-state index contributed by atoms with van der Waals surface area (Å²) in [4.78, 5) is 15.3. The number of ether oxygens (including phenoxy) is 3. The second-order valence-corrected chi connectivity index (χ2v) is 5.83. The van der Waals surface area contributed by atoms with Crippen molar-refractivity contribution in [1.29, 1.82) is 0 Å². The van der Waals surface area contributed by atoms with E-state index in [9.17, 15) is 9.18 Å². The number of amides is 1. The highest BCUT2D eigenvalue weighted by molar-refractivity contribution is 5.88. The van der Waals surface area contributed by atoms with Gasteiger partial charge in [0.25, 0.3) is 0 Å². The average molecular weight is 388 g/mol. The van der Waals surface area contributed by atoms with Crippen LogP contribution in [0.25, 0.3) is 12.2 Å². The number of hydrogen-bond acceptors (Lipinski definition) is 5. The number of aromatic nitrogens is 1. The van der Waals surface area contributed by atoms with Gasteiger partial charge in [0.2, 0.25) is 11.8 Å². The largest absolute Gasteiger partial charge is 0.475 e. The van der Waals surface area contributed by atoms with Crippen LogP contribution in [0.15, 0.2) is 42.6 Å². The number of carbonyl (C=O) groups is 1. The van der Waals surface area contributed by atoms with E-state index in [0.29, 0.717) is 32.3 Å². The van der Waals surface area contributed by atoms with Gasteiger partial charge in [0.05, 0.1) is 26.4 Å². The Hall–Kier alpha value is -2.77.